The van der Waals surface area contributed by atoms with Gasteiger partial charge in [-0.05, 0) is 57.5 Å². The molecule has 0 saturated carbocycles. The minimum Gasteiger partial charge on any atom is -0.277 e. The molecule has 7 nitrogen and oxygen atoms in total. The SMILES string of the molecule is Cc1ccc(N=Nc2cc(C)ccc2NS(=O)(=O)c2c(C)nn(C)c2C)cc1. The number of benzene rings is 2. The lowest BCUT2D eigenvalue weighted by atomic mass is 10.2. The van der Waals surface area contributed by atoms with E-state index in [4.69, 9.17) is 0 Å². The number of sulfonamides is 1. The van der Waals surface area contributed by atoms with Crippen LogP contribution in [0, 0.1) is 27.7 Å². The van der Waals surface area contributed by atoms with E-state index in [1.807, 2.05) is 44.2 Å². The average molecular weight is 398 g/mol. The molecule has 0 spiro atoms. The highest BCUT2D eigenvalue weighted by Crippen LogP contribution is 2.31. The molecule has 0 aliphatic heterocycles. The van der Waals surface area contributed by atoms with Crippen LogP contribution in [0.5, 0.6) is 0 Å². The third-order valence-corrected chi connectivity index (χ3v) is 6.03. The van der Waals surface area contributed by atoms with Gasteiger partial charge in [0.2, 0.25) is 0 Å². The molecule has 0 amide bonds. The third kappa shape index (κ3) is 4.12. The number of hydrogen-bond donors (Lipinski definition) is 1. The van der Waals surface area contributed by atoms with E-state index in [0.717, 1.165) is 11.1 Å². The molecular formula is C20H23N5O2S. The second-order valence-electron chi connectivity index (χ2n) is 6.79. The van der Waals surface area contributed by atoms with Gasteiger partial charge in [0.1, 0.15) is 10.6 Å². The number of azo groups is 1. The number of anilines is 1. The first-order chi connectivity index (χ1) is 13.2. The van der Waals surface area contributed by atoms with Gasteiger partial charge in [-0.1, -0.05) is 23.8 Å². The number of rotatable bonds is 5. The molecule has 0 unspecified atom stereocenters. The molecule has 8 heteroatoms. The zero-order valence-electron chi connectivity index (χ0n) is 16.6. The molecule has 2 aromatic carbocycles. The van der Waals surface area contributed by atoms with E-state index in [0.29, 0.717) is 28.5 Å². The van der Waals surface area contributed by atoms with Gasteiger partial charge in [-0.2, -0.15) is 10.2 Å². The number of aryl methyl sites for hydroxylation is 4. The Hall–Kier alpha value is -3.00. The maximum Gasteiger partial charge on any atom is 0.265 e. The Kier molecular flexibility index (Phi) is 5.33. The van der Waals surface area contributed by atoms with Crippen molar-refractivity contribution < 1.29 is 8.42 Å². The van der Waals surface area contributed by atoms with Crippen LogP contribution >= 0.6 is 0 Å². The minimum atomic E-state index is -3.81. The van der Waals surface area contributed by atoms with Gasteiger partial charge < -0.3 is 0 Å². The Morgan fingerprint density at radius 2 is 1.57 bits per heavy atom. The van der Waals surface area contributed by atoms with Crippen LogP contribution in [0.3, 0.4) is 0 Å². The Balaban J connectivity index is 1.97. The summed E-state index contributed by atoms with van der Waals surface area (Å²) in [5.41, 5.74) is 4.61. The summed E-state index contributed by atoms with van der Waals surface area (Å²) < 4.78 is 30.1. The smallest absolute Gasteiger partial charge is 0.265 e. The summed E-state index contributed by atoms with van der Waals surface area (Å²) in [4.78, 5) is 0.178. The first-order valence-corrected chi connectivity index (χ1v) is 10.3. The summed E-state index contributed by atoms with van der Waals surface area (Å²) in [6.07, 6.45) is 0. The van der Waals surface area contributed by atoms with Gasteiger partial charge in [0.05, 0.1) is 22.8 Å². The van der Waals surface area contributed by atoms with Crippen molar-refractivity contribution in [2.45, 2.75) is 32.6 Å². The molecule has 146 valence electrons. The van der Waals surface area contributed by atoms with Crippen molar-refractivity contribution >= 4 is 27.1 Å². The normalized spacial score (nSPS) is 11.9. The standard InChI is InChI=1S/C20H23N5O2S/c1-13-6-9-17(10-7-13)21-22-19-12-14(2)8-11-18(19)24-28(26,27)20-15(3)23-25(5)16(20)4/h6-12,24H,1-5H3. The largest absolute Gasteiger partial charge is 0.277 e. The van der Waals surface area contributed by atoms with Crippen molar-refractivity contribution in [3.05, 3.63) is 65.0 Å². The second kappa shape index (κ2) is 7.55. The fourth-order valence-electron chi connectivity index (χ4n) is 2.87. The molecule has 3 aromatic rings. The van der Waals surface area contributed by atoms with E-state index in [-0.39, 0.29) is 4.90 Å². The Morgan fingerprint density at radius 3 is 2.18 bits per heavy atom. The second-order valence-corrected chi connectivity index (χ2v) is 8.40. The highest BCUT2D eigenvalue weighted by Gasteiger charge is 2.24. The summed E-state index contributed by atoms with van der Waals surface area (Å²) in [7, 11) is -2.10. The predicted molar refractivity (Wildman–Crippen MR) is 110 cm³/mol. The summed E-state index contributed by atoms with van der Waals surface area (Å²) in [5.74, 6) is 0. The first kappa shape index (κ1) is 19.8. The van der Waals surface area contributed by atoms with E-state index >= 15 is 0 Å². The Labute approximate surface area is 165 Å². The summed E-state index contributed by atoms with van der Waals surface area (Å²) in [6.45, 7) is 7.31. The topological polar surface area (TPSA) is 88.7 Å². The van der Waals surface area contributed by atoms with Crippen molar-refractivity contribution in [1.82, 2.24) is 9.78 Å². The van der Waals surface area contributed by atoms with Gasteiger partial charge in [0.15, 0.2) is 0 Å². The molecule has 1 heterocycles. The average Bonchev–Trinajstić information content (AvgIpc) is 2.89. The maximum atomic E-state index is 13.0. The van der Waals surface area contributed by atoms with Gasteiger partial charge >= 0.3 is 0 Å². The lowest BCUT2D eigenvalue weighted by Crippen LogP contribution is -2.15. The van der Waals surface area contributed by atoms with Crippen LogP contribution in [0.4, 0.5) is 17.1 Å². The fraction of sp³-hybridized carbons (Fsp3) is 0.250. The molecule has 0 radical (unpaired) electrons. The van der Waals surface area contributed by atoms with Crippen LogP contribution in [0.1, 0.15) is 22.5 Å². The summed E-state index contributed by atoms with van der Waals surface area (Å²) in [5, 5.41) is 12.7. The van der Waals surface area contributed by atoms with Gasteiger partial charge in [-0.15, -0.1) is 5.11 Å². The van der Waals surface area contributed by atoms with E-state index in [1.54, 1.807) is 37.7 Å². The van der Waals surface area contributed by atoms with Gasteiger partial charge in [0, 0.05) is 7.05 Å². The zero-order valence-corrected chi connectivity index (χ0v) is 17.4. The molecule has 3 rings (SSSR count). The molecule has 0 bridgehead atoms. The van der Waals surface area contributed by atoms with Crippen LogP contribution in [-0.2, 0) is 17.1 Å². The Morgan fingerprint density at radius 1 is 0.929 bits per heavy atom. The summed E-state index contributed by atoms with van der Waals surface area (Å²) in [6, 6.07) is 12.9. The molecule has 0 atom stereocenters. The monoisotopic (exact) mass is 397 g/mol. The minimum absolute atomic E-state index is 0.178. The van der Waals surface area contributed by atoms with Crippen LogP contribution in [0.25, 0.3) is 0 Å². The number of nitrogens with one attached hydrogen (secondary N) is 1. The molecule has 0 fully saturated rings. The lowest BCUT2D eigenvalue weighted by Gasteiger charge is -2.11. The van der Waals surface area contributed by atoms with Gasteiger partial charge in [-0.25, -0.2) is 8.42 Å². The van der Waals surface area contributed by atoms with Crippen molar-refractivity contribution in [2.24, 2.45) is 17.3 Å². The molecule has 0 saturated heterocycles. The number of aromatic nitrogens is 2. The molecular weight excluding hydrogens is 374 g/mol. The van der Waals surface area contributed by atoms with Gasteiger partial charge in [0.25, 0.3) is 10.0 Å². The lowest BCUT2D eigenvalue weighted by molar-refractivity contribution is 0.599. The van der Waals surface area contributed by atoms with Crippen LogP contribution in [-0.4, -0.2) is 18.2 Å². The van der Waals surface area contributed by atoms with Crippen molar-refractivity contribution in [2.75, 3.05) is 4.72 Å². The molecule has 0 aliphatic rings. The van der Waals surface area contributed by atoms with Crippen LogP contribution < -0.4 is 4.72 Å². The van der Waals surface area contributed by atoms with Crippen molar-refractivity contribution in [3.8, 4) is 0 Å². The zero-order chi connectivity index (χ0) is 20.5. The predicted octanol–water partition coefficient (Wildman–Crippen LogP) is 4.87. The molecule has 1 N–H and O–H groups in total. The Bertz CT molecular complexity index is 1150. The van der Waals surface area contributed by atoms with Crippen molar-refractivity contribution in [3.63, 3.8) is 0 Å². The maximum absolute atomic E-state index is 13.0. The summed E-state index contributed by atoms with van der Waals surface area (Å²) >= 11 is 0. The highest BCUT2D eigenvalue weighted by atomic mass is 32.2. The quantitative estimate of drug-likeness (QED) is 0.623. The van der Waals surface area contributed by atoms with Crippen LogP contribution in [0.15, 0.2) is 57.6 Å². The van der Waals surface area contributed by atoms with E-state index < -0.39 is 10.0 Å². The molecule has 28 heavy (non-hydrogen) atoms. The first-order valence-electron chi connectivity index (χ1n) is 8.79. The fourth-order valence-corrected chi connectivity index (χ4v) is 4.39. The number of nitrogens with zero attached hydrogens (tertiary/aromatic N) is 4. The van der Waals surface area contributed by atoms with Crippen molar-refractivity contribution in [1.29, 1.82) is 0 Å². The third-order valence-electron chi connectivity index (χ3n) is 4.42. The molecule has 1 aromatic heterocycles. The number of hydrogen-bond acceptors (Lipinski definition) is 5. The van der Waals surface area contributed by atoms with E-state index in [1.165, 1.54) is 0 Å². The van der Waals surface area contributed by atoms with E-state index in [9.17, 15) is 8.42 Å². The van der Waals surface area contributed by atoms with Crippen LogP contribution in [0.2, 0.25) is 0 Å². The molecule has 0 aliphatic carbocycles. The van der Waals surface area contributed by atoms with E-state index in [2.05, 4.69) is 20.0 Å². The highest BCUT2D eigenvalue weighted by molar-refractivity contribution is 7.92. The van der Waals surface area contributed by atoms with Gasteiger partial charge in [-0.3, -0.25) is 9.40 Å².